The van der Waals surface area contributed by atoms with Crippen molar-refractivity contribution in [2.45, 2.75) is 100 Å². The van der Waals surface area contributed by atoms with E-state index in [4.69, 9.17) is 18.9 Å². The first-order chi connectivity index (χ1) is 14.1. The number of hydrogen-bond donors (Lipinski definition) is 1. The first kappa shape index (κ1) is 21.3. The Balaban J connectivity index is 1.49. The molecule has 5 nitrogen and oxygen atoms in total. The summed E-state index contributed by atoms with van der Waals surface area (Å²) in [6.07, 6.45) is 8.87. The fourth-order valence-electron chi connectivity index (χ4n) is 5.73. The van der Waals surface area contributed by atoms with E-state index >= 15 is 0 Å². The molecule has 1 heterocycles. The van der Waals surface area contributed by atoms with Crippen molar-refractivity contribution in [1.82, 2.24) is 0 Å². The van der Waals surface area contributed by atoms with Gasteiger partial charge in [0.05, 0.1) is 17.3 Å². The lowest BCUT2D eigenvalue weighted by atomic mass is 9.81. The van der Waals surface area contributed by atoms with Crippen LogP contribution in [0.3, 0.4) is 0 Å². The molecule has 1 N–H and O–H groups in total. The maximum absolute atomic E-state index is 10.6. The third kappa shape index (κ3) is 4.13. The third-order valence-electron chi connectivity index (χ3n) is 7.48. The molecule has 0 spiro atoms. The van der Waals surface area contributed by atoms with E-state index in [2.05, 4.69) is 0 Å². The second kappa shape index (κ2) is 9.03. The van der Waals surface area contributed by atoms with Crippen LogP contribution in [0.4, 0.5) is 0 Å². The summed E-state index contributed by atoms with van der Waals surface area (Å²) in [5.74, 6) is 0. The smallest absolute Gasteiger partial charge is 0.159 e. The minimum absolute atomic E-state index is 0.119. The normalized spacial score (nSPS) is 30.0. The van der Waals surface area contributed by atoms with Crippen LogP contribution < -0.4 is 0 Å². The molecule has 4 rings (SSSR count). The molecule has 5 heteroatoms. The molecule has 1 saturated heterocycles. The van der Waals surface area contributed by atoms with Gasteiger partial charge in [-0.1, -0.05) is 56.0 Å². The third-order valence-corrected chi connectivity index (χ3v) is 7.48. The number of aliphatic hydroxyl groups excluding tert-OH is 1. The lowest BCUT2D eigenvalue weighted by Crippen LogP contribution is -2.56. The van der Waals surface area contributed by atoms with Crippen molar-refractivity contribution in [1.29, 1.82) is 0 Å². The average molecular weight is 405 g/mol. The van der Waals surface area contributed by atoms with E-state index in [1.807, 2.05) is 44.6 Å². The molecule has 29 heavy (non-hydrogen) atoms. The van der Waals surface area contributed by atoms with Crippen LogP contribution in [0.5, 0.6) is 0 Å². The van der Waals surface area contributed by atoms with E-state index < -0.39 is 6.10 Å². The zero-order valence-corrected chi connectivity index (χ0v) is 17.8. The highest BCUT2D eigenvalue weighted by molar-refractivity contribution is 5.17. The van der Waals surface area contributed by atoms with E-state index in [1.54, 1.807) is 0 Å². The van der Waals surface area contributed by atoms with Crippen LogP contribution in [-0.2, 0) is 18.9 Å². The predicted octanol–water partition coefficient (Wildman–Crippen LogP) is 4.53. The van der Waals surface area contributed by atoms with Crippen molar-refractivity contribution >= 4 is 0 Å². The van der Waals surface area contributed by atoms with E-state index in [9.17, 15) is 5.11 Å². The molecule has 3 atom stereocenters. The summed E-state index contributed by atoms with van der Waals surface area (Å²) in [5, 5.41) is 10.6. The Hall–Kier alpha value is -0.980. The molecule has 1 aliphatic heterocycles. The van der Waals surface area contributed by atoms with Gasteiger partial charge in [-0.2, -0.15) is 0 Å². The van der Waals surface area contributed by atoms with Crippen molar-refractivity contribution in [3.05, 3.63) is 35.9 Å². The maximum atomic E-state index is 10.6. The predicted molar refractivity (Wildman–Crippen MR) is 111 cm³/mol. The largest absolute Gasteiger partial charge is 0.388 e. The molecular weight excluding hydrogens is 368 g/mol. The van der Waals surface area contributed by atoms with Crippen LogP contribution >= 0.6 is 0 Å². The fourth-order valence-corrected chi connectivity index (χ4v) is 5.73. The van der Waals surface area contributed by atoms with Crippen LogP contribution in [0.1, 0.15) is 75.9 Å². The Labute approximate surface area is 174 Å². The SMILES string of the molecule is COC1([C@@H]2OC(CC[C@@H](O)c3ccccc3)O[C@H]2C2(OC)CCCC2)CCCC1. The van der Waals surface area contributed by atoms with E-state index in [0.29, 0.717) is 12.8 Å². The second-order valence-corrected chi connectivity index (χ2v) is 9.00. The lowest BCUT2D eigenvalue weighted by molar-refractivity contribution is -0.153. The van der Waals surface area contributed by atoms with Gasteiger partial charge in [0.15, 0.2) is 6.29 Å². The molecule has 2 saturated carbocycles. The molecule has 3 fully saturated rings. The van der Waals surface area contributed by atoms with Gasteiger partial charge in [-0.15, -0.1) is 0 Å². The molecule has 1 aromatic rings. The number of methoxy groups -OCH3 is 2. The first-order valence-corrected chi connectivity index (χ1v) is 11.3. The van der Waals surface area contributed by atoms with Gasteiger partial charge in [-0.3, -0.25) is 0 Å². The Morgan fingerprint density at radius 3 is 1.83 bits per heavy atom. The molecule has 0 radical (unpaired) electrons. The number of ether oxygens (including phenoxy) is 4. The van der Waals surface area contributed by atoms with Gasteiger partial charge in [0.2, 0.25) is 0 Å². The quantitative estimate of drug-likeness (QED) is 0.690. The number of hydrogen-bond acceptors (Lipinski definition) is 5. The highest BCUT2D eigenvalue weighted by Crippen LogP contribution is 2.49. The average Bonchev–Trinajstić information content (AvgIpc) is 3.52. The van der Waals surface area contributed by atoms with Crippen LogP contribution in [0, 0.1) is 0 Å². The summed E-state index contributed by atoms with van der Waals surface area (Å²) < 4.78 is 25.3. The minimum Gasteiger partial charge on any atom is -0.388 e. The minimum atomic E-state index is -0.508. The standard InChI is InChI=1S/C24H36O5/c1-26-23(14-6-7-15-23)21-22(24(27-2)16-8-9-17-24)29-20(28-21)13-12-19(25)18-10-4-3-5-11-18/h3-5,10-11,19-22,25H,6-9,12-17H2,1-2H3/t19-,21-,22-/m1/s1. The summed E-state index contributed by atoms with van der Waals surface area (Å²) >= 11 is 0. The molecule has 0 amide bonds. The maximum Gasteiger partial charge on any atom is 0.159 e. The van der Waals surface area contributed by atoms with Gasteiger partial charge in [0.1, 0.15) is 12.2 Å². The van der Waals surface area contributed by atoms with Gasteiger partial charge in [0.25, 0.3) is 0 Å². The Morgan fingerprint density at radius 2 is 1.38 bits per heavy atom. The van der Waals surface area contributed by atoms with Gasteiger partial charge in [0, 0.05) is 20.6 Å². The fraction of sp³-hybridized carbons (Fsp3) is 0.750. The van der Waals surface area contributed by atoms with Crippen molar-refractivity contribution in [2.75, 3.05) is 14.2 Å². The Morgan fingerprint density at radius 1 is 0.897 bits per heavy atom. The molecule has 3 aliphatic rings. The Bertz CT molecular complexity index is 604. The van der Waals surface area contributed by atoms with Crippen molar-refractivity contribution in [3.8, 4) is 0 Å². The van der Waals surface area contributed by atoms with Gasteiger partial charge in [-0.25, -0.2) is 0 Å². The summed E-state index contributed by atoms with van der Waals surface area (Å²) in [6.45, 7) is 0. The van der Waals surface area contributed by atoms with Crippen LogP contribution in [0.15, 0.2) is 30.3 Å². The van der Waals surface area contributed by atoms with Crippen molar-refractivity contribution in [2.24, 2.45) is 0 Å². The molecule has 0 bridgehead atoms. The Kier molecular flexibility index (Phi) is 6.62. The van der Waals surface area contributed by atoms with Crippen LogP contribution in [0.25, 0.3) is 0 Å². The topological polar surface area (TPSA) is 57.2 Å². The first-order valence-electron chi connectivity index (χ1n) is 11.3. The highest BCUT2D eigenvalue weighted by atomic mass is 16.7. The van der Waals surface area contributed by atoms with Crippen LogP contribution in [-0.4, -0.2) is 49.0 Å². The molecule has 2 aliphatic carbocycles. The summed E-state index contributed by atoms with van der Waals surface area (Å²) in [7, 11) is 3.62. The second-order valence-electron chi connectivity index (χ2n) is 9.00. The number of rotatable bonds is 8. The monoisotopic (exact) mass is 404 g/mol. The highest BCUT2D eigenvalue weighted by Gasteiger charge is 2.59. The number of aliphatic hydroxyl groups is 1. The zero-order chi connectivity index (χ0) is 20.3. The van der Waals surface area contributed by atoms with Crippen molar-refractivity contribution in [3.63, 3.8) is 0 Å². The molecule has 1 aromatic carbocycles. The lowest BCUT2D eigenvalue weighted by Gasteiger charge is -2.42. The number of benzene rings is 1. The zero-order valence-electron chi connectivity index (χ0n) is 17.8. The summed E-state index contributed by atoms with van der Waals surface area (Å²) in [5.41, 5.74) is 0.365. The van der Waals surface area contributed by atoms with E-state index in [0.717, 1.165) is 56.9 Å². The molecule has 162 valence electrons. The van der Waals surface area contributed by atoms with Crippen molar-refractivity contribution < 1.29 is 24.1 Å². The molecule has 0 aromatic heterocycles. The summed E-state index contributed by atoms with van der Waals surface area (Å²) in [4.78, 5) is 0. The molecule has 0 unspecified atom stereocenters. The van der Waals surface area contributed by atoms with E-state index in [1.165, 1.54) is 0 Å². The van der Waals surface area contributed by atoms with E-state index in [-0.39, 0.29) is 29.7 Å². The van der Waals surface area contributed by atoms with Gasteiger partial charge >= 0.3 is 0 Å². The summed E-state index contributed by atoms with van der Waals surface area (Å²) in [6, 6.07) is 9.80. The van der Waals surface area contributed by atoms with Crippen LogP contribution in [0.2, 0.25) is 0 Å². The molecular formula is C24H36O5. The van der Waals surface area contributed by atoms with Gasteiger partial charge in [-0.05, 0) is 37.7 Å². The van der Waals surface area contributed by atoms with Gasteiger partial charge < -0.3 is 24.1 Å².